The number of rotatable bonds is 3. The van der Waals surface area contributed by atoms with Crippen molar-refractivity contribution >= 4 is 17.3 Å². The number of hydrogen-bond acceptors (Lipinski definition) is 2. The van der Waals surface area contributed by atoms with Crippen LogP contribution >= 0.6 is 11.6 Å². The monoisotopic (exact) mass is 295 g/mol. The van der Waals surface area contributed by atoms with E-state index in [1.807, 2.05) is 24.3 Å². The topological polar surface area (TPSA) is 32.3 Å². The third-order valence-corrected chi connectivity index (χ3v) is 4.40. The van der Waals surface area contributed by atoms with Gasteiger partial charge in [-0.3, -0.25) is 0 Å². The lowest BCUT2D eigenvalue weighted by Gasteiger charge is -2.52. The number of benzene rings is 1. The summed E-state index contributed by atoms with van der Waals surface area (Å²) in [6.45, 7) is 9.33. The number of anilines is 1. The molecule has 0 heterocycles. The molecule has 0 amide bonds. The number of aliphatic hydroxyl groups is 1. The Kier molecular flexibility index (Phi) is 4.10. The summed E-state index contributed by atoms with van der Waals surface area (Å²) in [6, 6.07) is 7.73. The molecule has 0 bridgehead atoms. The van der Waals surface area contributed by atoms with E-state index >= 15 is 0 Å². The van der Waals surface area contributed by atoms with Crippen LogP contribution in [0, 0.1) is 10.8 Å². The maximum atomic E-state index is 10.0. The first kappa shape index (κ1) is 15.7. The molecule has 20 heavy (non-hydrogen) atoms. The molecule has 1 aliphatic rings. The minimum Gasteiger partial charge on any atom is -0.394 e. The first-order valence-electron chi connectivity index (χ1n) is 7.30. The second kappa shape index (κ2) is 5.23. The molecule has 2 N–H and O–H groups in total. The molecule has 1 fully saturated rings. The predicted molar refractivity (Wildman–Crippen MR) is 86.3 cm³/mol. The average molecular weight is 296 g/mol. The highest BCUT2D eigenvalue weighted by molar-refractivity contribution is 6.30. The molecule has 1 aromatic carbocycles. The molecule has 2 nitrogen and oxygen atoms in total. The highest BCUT2D eigenvalue weighted by atomic mass is 35.5. The molecular weight excluding hydrogens is 270 g/mol. The number of halogens is 1. The Morgan fingerprint density at radius 3 is 1.95 bits per heavy atom. The minimum atomic E-state index is -0.251. The molecule has 112 valence electrons. The van der Waals surface area contributed by atoms with Gasteiger partial charge in [-0.1, -0.05) is 39.3 Å². The first-order valence-corrected chi connectivity index (χ1v) is 7.68. The zero-order valence-electron chi connectivity index (χ0n) is 13.0. The van der Waals surface area contributed by atoms with Gasteiger partial charge in [0.25, 0.3) is 0 Å². The molecule has 0 saturated heterocycles. The quantitative estimate of drug-likeness (QED) is 0.846. The molecule has 0 aliphatic heterocycles. The summed E-state index contributed by atoms with van der Waals surface area (Å²) >= 11 is 5.94. The van der Waals surface area contributed by atoms with E-state index in [9.17, 15) is 5.11 Å². The molecule has 0 atom stereocenters. The van der Waals surface area contributed by atoms with E-state index in [0.29, 0.717) is 0 Å². The van der Waals surface area contributed by atoms with Crippen molar-refractivity contribution in [2.45, 2.75) is 52.5 Å². The van der Waals surface area contributed by atoms with Gasteiger partial charge < -0.3 is 10.4 Å². The van der Waals surface area contributed by atoms with Crippen LogP contribution in [0.3, 0.4) is 0 Å². The van der Waals surface area contributed by atoms with Crippen LogP contribution in [0.5, 0.6) is 0 Å². The molecule has 0 spiro atoms. The summed E-state index contributed by atoms with van der Waals surface area (Å²) in [5.74, 6) is 0. The number of hydrogen-bond donors (Lipinski definition) is 2. The smallest absolute Gasteiger partial charge is 0.0661 e. The Bertz CT molecular complexity index is 448. The first-order chi connectivity index (χ1) is 9.15. The fourth-order valence-corrected chi connectivity index (χ4v) is 4.52. The van der Waals surface area contributed by atoms with Gasteiger partial charge in [0.2, 0.25) is 0 Å². The van der Waals surface area contributed by atoms with Gasteiger partial charge in [-0.15, -0.1) is 0 Å². The van der Waals surface area contributed by atoms with Gasteiger partial charge in [-0.25, -0.2) is 0 Å². The van der Waals surface area contributed by atoms with E-state index in [4.69, 9.17) is 11.6 Å². The van der Waals surface area contributed by atoms with Crippen LogP contribution in [0.1, 0.15) is 47.0 Å². The SMILES string of the molecule is CC1(C)CC(C)(C)CC(CO)(Nc2ccc(Cl)cc2)C1. The van der Waals surface area contributed by atoms with Gasteiger partial charge in [0, 0.05) is 10.7 Å². The fourth-order valence-electron chi connectivity index (χ4n) is 4.39. The second-order valence-electron chi connectivity index (χ2n) is 7.93. The molecular formula is C17H26ClNO. The summed E-state index contributed by atoms with van der Waals surface area (Å²) < 4.78 is 0. The number of aliphatic hydroxyl groups excluding tert-OH is 1. The summed E-state index contributed by atoms with van der Waals surface area (Å²) in [6.07, 6.45) is 3.13. The third kappa shape index (κ3) is 3.67. The lowest BCUT2D eigenvalue weighted by Crippen LogP contribution is -2.53. The Labute approximate surface area is 127 Å². The van der Waals surface area contributed by atoms with Crippen molar-refractivity contribution in [3.8, 4) is 0 Å². The molecule has 3 heteroatoms. The highest BCUT2D eigenvalue weighted by Gasteiger charge is 2.47. The standard InChI is InChI=1S/C17H26ClNO/c1-15(2)9-16(3,4)11-17(10-15,12-20)19-14-7-5-13(18)6-8-14/h5-8,19-20H,9-12H2,1-4H3. The van der Waals surface area contributed by atoms with Crippen molar-refractivity contribution in [3.63, 3.8) is 0 Å². The Morgan fingerprint density at radius 1 is 1.00 bits per heavy atom. The summed E-state index contributed by atoms with van der Waals surface area (Å²) in [4.78, 5) is 0. The molecule has 0 unspecified atom stereocenters. The third-order valence-electron chi connectivity index (χ3n) is 4.15. The maximum Gasteiger partial charge on any atom is 0.0661 e. The van der Waals surface area contributed by atoms with Crippen molar-refractivity contribution in [3.05, 3.63) is 29.3 Å². The van der Waals surface area contributed by atoms with E-state index in [2.05, 4.69) is 33.0 Å². The minimum absolute atomic E-state index is 0.155. The van der Waals surface area contributed by atoms with Crippen molar-refractivity contribution in [1.82, 2.24) is 0 Å². The van der Waals surface area contributed by atoms with Crippen LogP contribution in [0.25, 0.3) is 0 Å². The molecule has 0 aromatic heterocycles. The van der Waals surface area contributed by atoms with Crippen molar-refractivity contribution < 1.29 is 5.11 Å². The van der Waals surface area contributed by atoms with Crippen LogP contribution < -0.4 is 5.32 Å². The lowest BCUT2D eigenvalue weighted by atomic mass is 9.58. The van der Waals surface area contributed by atoms with Crippen LogP contribution in [0.2, 0.25) is 5.02 Å². The van der Waals surface area contributed by atoms with Crippen LogP contribution in [0.4, 0.5) is 5.69 Å². The average Bonchev–Trinajstić information content (AvgIpc) is 2.28. The van der Waals surface area contributed by atoms with Gasteiger partial charge >= 0.3 is 0 Å². The van der Waals surface area contributed by atoms with Crippen LogP contribution in [0.15, 0.2) is 24.3 Å². The van der Waals surface area contributed by atoms with Crippen LogP contribution in [-0.4, -0.2) is 17.3 Å². The Morgan fingerprint density at radius 2 is 1.50 bits per heavy atom. The van der Waals surface area contributed by atoms with Gasteiger partial charge in [-0.05, 0) is 54.4 Å². The highest BCUT2D eigenvalue weighted by Crippen LogP contribution is 2.50. The normalized spacial score (nSPS) is 23.3. The van der Waals surface area contributed by atoms with E-state index < -0.39 is 0 Å². The Hall–Kier alpha value is -0.730. The molecule has 1 aromatic rings. The fraction of sp³-hybridized carbons (Fsp3) is 0.647. The summed E-state index contributed by atoms with van der Waals surface area (Å²) in [5, 5.41) is 14.3. The molecule has 1 aliphatic carbocycles. The largest absolute Gasteiger partial charge is 0.394 e. The zero-order chi connectivity index (χ0) is 15.0. The van der Waals surface area contributed by atoms with Crippen molar-refractivity contribution in [2.75, 3.05) is 11.9 Å². The van der Waals surface area contributed by atoms with Crippen molar-refractivity contribution in [2.24, 2.45) is 10.8 Å². The summed E-state index contributed by atoms with van der Waals surface area (Å²) in [5.41, 5.74) is 1.23. The zero-order valence-corrected chi connectivity index (χ0v) is 13.7. The molecule has 0 radical (unpaired) electrons. The summed E-state index contributed by atoms with van der Waals surface area (Å²) in [7, 11) is 0. The van der Waals surface area contributed by atoms with Gasteiger partial charge in [0.1, 0.15) is 0 Å². The van der Waals surface area contributed by atoms with E-state index in [0.717, 1.165) is 23.6 Å². The van der Waals surface area contributed by atoms with Crippen molar-refractivity contribution in [1.29, 1.82) is 0 Å². The van der Waals surface area contributed by atoms with Crippen LogP contribution in [-0.2, 0) is 0 Å². The second-order valence-corrected chi connectivity index (χ2v) is 8.37. The van der Waals surface area contributed by atoms with Gasteiger partial charge in [0.05, 0.1) is 12.1 Å². The van der Waals surface area contributed by atoms with E-state index in [1.165, 1.54) is 6.42 Å². The molecule has 1 saturated carbocycles. The van der Waals surface area contributed by atoms with E-state index in [1.54, 1.807) is 0 Å². The maximum absolute atomic E-state index is 10.0. The van der Waals surface area contributed by atoms with Gasteiger partial charge in [0.15, 0.2) is 0 Å². The number of nitrogens with one attached hydrogen (secondary N) is 1. The predicted octanol–water partition coefficient (Wildman–Crippen LogP) is 4.72. The lowest BCUT2D eigenvalue weighted by molar-refractivity contribution is 0.0288. The van der Waals surface area contributed by atoms with E-state index in [-0.39, 0.29) is 23.0 Å². The van der Waals surface area contributed by atoms with Gasteiger partial charge in [-0.2, -0.15) is 0 Å². The Balaban J connectivity index is 2.26. The molecule has 2 rings (SSSR count).